The molecule has 0 unspecified atom stereocenters. The lowest BCUT2D eigenvalue weighted by Gasteiger charge is -2.01. The van der Waals surface area contributed by atoms with E-state index in [0.29, 0.717) is 0 Å². The number of aromatic amines is 1. The Morgan fingerprint density at radius 3 is 3.11 bits per heavy atom. The van der Waals surface area contributed by atoms with Gasteiger partial charge in [-0.3, -0.25) is 4.98 Å². The van der Waals surface area contributed by atoms with Crippen molar-refractivity contribution in [3.8, 4) is 0 Å². The van der Waals surface area contributed by atoms with Crippen LogP contribution < -0.4 is 5.32 Å². The van der Waals surface area contributed by atoms with Crippen LogP contribution in [0.1, 0.15) is 17.1 Å². The molecule has 2 rings (SSSR count). The molecular formula is C13H18N4O. The van der Waals surface area contributed by atoms with E-state index in [1.807, 2.05) is 24.5 Å². The number of H-pyrrole nitrogens is 1. The summed E-state index contributed by atoms with van der Waals surface area (Å²) in [5, 5.41) is 3.27. The summed E-state index contributed by atoms with van der Waals surface area (Å²) in [5.74, 6) is 0.964. The van der Waals surface area contributed by atoms with Crippen LogP contribution in [0.3, 0.4) is 0 Å². The average Bonchev–Trinajstić information content (AvgIpc) is 2.84. The van der Waals surface area contributed by atoms with Crippen molar-refractivity contribution in [2.75, 3.05) is 20.3 Å². The molecule has 0 atom stereocenters. The van der Waals surface area contributed by atoms with E-state index >= 15 is 0 Å². The van der Waals surface area contributed by atoms with Crippen molar-refractivity contribution in [1.82, 2.24) is 20.3 Å². The van der Waals surface area contributed by atoms with Gasteiger partial charge in [0.15, 0.2) is 0 Å². The minimum Gasteiger partial charge on any atom is -0.383 e. The molecule has 0 spiro atoms. The molecule has 2 aromatic rings. The molecule has 0 aliphatic carbocycles. The summed E-state index contributed by atoms with van der Waals surface area (Å²) in [6.07, 6.45) is 6.28. The zero-order valence-corrected chi connectivity index (χ0v) is 10.5. The van der Waals surface area contributed by atoms with Gasteiger partial charge in [0.25, 0.3) is 0 Å². The molecule has 2 N–H and O–H groups in total. The molecule has 0 radical (unpaired) electrons. The maximum atomic E-state index is 4.97. The highest BCUT2D eigenvalue weighted by molar-refractivity contribution is 5.15. The summed E-state index contributed by atoms with van der Waals surface area (Å²) in [6.45, 7) is 2.34. The van der Waals surface area contributed by atoms with Gasteiger partial charge < -0.3 is 15.0 Å². The van der Waals surface area contributed by atoms with Crippen molar-refractivity contribution < 1.29 is 4.74 Å². The van der Waals surface area contributed by atoms with Crippen molar-refractivity contribution in [2.24, 2.45) is 0 Å². The van der Waals surface area contributed by atoms with Gasteiger partial charge in [-0.25, -0.2) is 4.98 Å². The highest BCUT2D eigenvalue weighted by Gasteiger charge is 2.01. The van der Waals surface area contributed by atoms with E-state index in [1.165, 1.54) is 0 Å². The standard InChI is InChI=1S/C13H18N4O/c1-18-6-5-15-9-12-10-16-13(17-12)7-11-3-2-4-14-8-11/h2-4,8,10,15H,5-7,9H2,1H3,(H,16,17). The maximum absolute atomic E-state index is 4.97. The van der Waals surface area contributed by atoms with Crippen LogP contribution in [0.25, 0.3) is 0 Å². The van der Waals surface area contributed by atoms with Crippen molar-refractivity contribution in [3.63, 3.8) is 0 Å². The number of nitrogens with one attached hydrogen (secondary N) is 2. The van der Waals surface area contributed by atoms with Crippen molar-refractivity contribution in [1.29, 1.82) is 0 Å². The third-order valence-corrected chi connectivity index (χ3v) is 2.57. The van der Waals surface area contributed by atoms with Crippen molar-refractivity contribution in [2.45, 2.75) is 13.0 Å². The number of hydrogen-bond donors (Lipinski definition) is 2. The van der Waals surface area contributed by atoms with Crippen LogP contribution in [0.5, 0.6) is 0 Å². The molecule has 0 aromatic carbocycles. The molecule has 0 amide bonds. The lowest BCUT2D eigenvalue weighted by Crippen LogP contribution is -2.18. The van der Waals surface area contributed by atoms with Crippen LogP contribution in [-0.4, -0.2) is 35.2 Å². The third-order valence-electron chi connectivity index (χ3n) is 2.57. The highest BCUT2D eigenvalue weighted by atomic mass is 16.5. The molecule has 96 valence electrons. The zero-order chi connectivity index (χ0) is 12.6. The van der Waals surface area contributed by atoms with Gasteiger partial charge in [-0.1, -0.05) is 6.07 Å². The third kappa shape index (κ3) is 3.94. The molecule has 5 nitrogen and oxygen atoms in total. The Bertz CT molecular complexity index is 455. The molecule has 18 heavy (non-hydrogen) atoms. The monoisotopic (exact) mass is 246 g/mol. The van der Waals surface area contributed by atoms with Crippen LogP contribution >= 0.6 is 0 Å². The fourth-order valence-electron chi connectivity index (χ4n) is 1.68. The predicted molar refractivity (Wildman–Crippen MR) is 69.2 cm³/mol. The van der Waals surface area contributed by atoms with Gasteiger partial charge in [-0.15, -0.1) is 0 Å². The van der Waals surface area contributed by atoms with Crippen molar-refractivity contribution in [3.05, 3.63) is 47.8 Å². The van der Waals surface area contributed by atoms with E-state index in [-0.39, 0.29) is 0 Å². The van der Waals surface area contributed by atoms with E-state index in [1.54, 1.807) is 13.3 Å². The maximum Gasteiger partial charge on any atom is 0.110 e. The largest absolute Gasteiger partial charge is 0.383 e. The SMILES string of the molecule is COCCNCc1cnc(Cc2cccnc2)[nH]1. The number of methoxy groups -OCH3 is 1. The summed E-state index contributed by atoms with van der Waals surface area (Å²) < 4.78 is 4.97. The second-order valence-corrected chi connectivity index (χ2v) is 4.06. The van der Waals surface area contributed by atoms with Gasteiger partial charge >= 0.3 is 0 Å². The number of nitrogens with zero attached hydrogens (tertiary/aromatic N) is 2. The molecule has 0 saturated heterocycles. The first-order valence-corrected chi connectivity index (χ1v) is 6.00. The smallest absolute Gasteiger partial charge is 0.110 e. The summed E-state index contributed by atoms with van der Waals surface area (Å²) in [4.78, 5) is 11.7. The Morgan fingerprint density at radius 1 is 1.39 bits per heavy atom. The Kier molecular flexibility index (Phi) is 4.87. The number of ether oxygens (including phenoxy) is 1. The van der Waals surface area contributed by atoms with Gasteiger partial charge in [0.05, 0.1) is 6.61 Å². The molecule has 0 saturated carbocycles. The first-order valence-electron chi connectivity index (χ1n) is 6.00. The fraction of sp³-hybridized carbons (Fsp3) is 0.385. The molecule has 0 fully saturated rings. The Morgan fingerprint density at radius 2 is 2.33 bits per heavy atom. The van der Waals surface area contributed by atoms with Crippen LogP contribution in [-0.2, 0) is 17.7 Å². The molecular weight excluding hydrogens is 228 g/mol. The Balaban J connectivity index is 1.83. The molecule has 2 aromatic heterocycles. The number of aromatic nitrogens is 3. The summed E-state index contributed by atoms with van der Waals surface area (Å²) in [6, 6.07) is 3.98. The average molecular weight is 246 g/mol. The molecule has 0 bridgehead atoms. The summed E-state index contributed by atoms with van der Waals surface area (Å²) in [7, 11) is 1.70. The van der Waals surface area contributed by atoms with E-state index in [0.717, 1.165) is 43.2 Å². The second kappa shape index (κ2) is 6.88. The highest BCUT2D eigenvalue weighted by Crippen LogP contribution is 2.05. The quantitative estimate of drug-likeness (QED) is 0.719. The fourth-order valence-corrected chi connectivity index (χ4v) is 1.68. The lowest BCUT2D eigenvalue weighted by molar-refractivity contribution is 0.199. The molecule has 2 heterocycles. The first kappa shape index (κ1) is 12.7. The summed E-state index contributed by atoms with van der Waals surface area (Å²) in [5.41, 5.74) is 2.25. The van der Waals surface area contributed by atoms with Crippen molar-refractivity contribution >= 4 is 0 Å². The zero-order valence-electron chi connectivity index (χ0n) is 10.5. The minimum atomic E-state index is 0.719. The topological polar surface area (TPSA) is 62.8 Å². The normalized spacial score (nSPS) is 10.7. The van der Waals surface area contributed by atoms with Gasteiger partial charge in [0.2, 0.25) is 0 Å². The van der Waals surface area contributed by atoms with Crippen LogP contribution in [0.2, 0.25) is 0 Å². The lowest BCUT2D eigenvalue weighted by atomic mass is 10.2. The molecule has 0 aliphatic rings. The Labute approximate surface area is 107 Å². The number of hydrogen-bond acceptors (Lipinski definition) is 4. The van der Waals surface area contributed by atoms with E-state index < -0.39 is 0 Å². The van der Waals surface area contributed by atoms with Gasteiger partial charge in [-0.2, -0.15) is 0 Å². The van der Waals surface area contributed by atoms with Gasteiger partial charge in [0, 0.05) is 50.9 Å². The second-order valence-electron chi connectivity index (χ2n) is 4.06. The number of imidazole rings is 1. The van der Waals surface area contributed by atoms with Crippen LogP contribution in [0, 0.1) is 0 Å². The summed E-state index contributed by atoms with van der Waals surface area (Å²) >= 11 is 0. The van der Waals surface area contributed by atoms with Gasteiger partial charge in [0.1, 0.15) is 5.82 Å². The number of pyridine rings is 1. The van der Waals surface area contributed by atoms with Crippen LogP contribution in [0.15, 0.2) is 30.7 Å². The first-order chi connectivity index (χ1) is 8.88. The molecule has 5 heteroatoms. The van der Waals surface area contributed by atoms with E-state index in [9.17, 15) is 0 Å². The van der Waals surface area contributed by atoms with E-state index in [2.05, 4.69) is 20.3 Å². The minimum absolute atomic E-state index is 0.719. The van der Waals surface area contributed by atoms with Crippen LogP contribution in [0.4, 0.5) is 0 Å². The Hall–Kier alpha value is -1.72. The van der Waals surface area contributed by atoms with E-state index in [4.69, 9.17) is 4.74 Å². The number of rotatable bonds is 7. The van der Waals surface area contributed by atoms with Gasteiger partial charge in [-0.05, 0) is 11.6 Å². The molecule has 0 aliphatic heterocycles. The predicted octanol–water partition coefficient (Wildman–Crippen LogP) is 1.13.